The van der Waals surface area contributed by atoms with Crippen LogP contribution in [0.1, 0.15) is 76.7 Å². The Hall–Kier alpha value is -5.48. The van der Waals surface area contributed by atoms with Gasteiger partial charge in [-0.15, -0.1) is 0 Å². The van der Waals surface area contributed by atoms with Crippen molar-refractivity contribution >= 4 is 40.2 Å². The SMILES string of the molecule is O=C1CC[C@@H](N2Cc3cc(N4CCN(CC5CCN(c6ccc(C7=C(c8ccc(F)cc8)CCCc8cc(O)ccc87)cc6)CC5)CC4)ccc3C2=O)C(=O)N1. The number of piperidine rings is 2. The third kappa shape index (κ3) is 7.18. The maximum Gasteiger partial charge on any atom is 0.255 e. The second-order valence-corrected chi connectivity index (χ2v) is 16.1. The summed E-state index contributed by atoms with van der Waals surface area (Å²) < 4.78 is 13.9. The largest absolute Gasteiger partial charge is 0.508 e. The van der Waals surface area contributed by atoms with Gasteiger partial charge in [-0.25, -0.2) is 4.39 Å². The molecule has 56 heavy (non-hydrogen) atoms. The van der Waals surface area contributed by atoms with Crippen LogP contribution in [-0.2, 0) is 22.6 Å². The molecule has 1 atom stereocenters. The number of amides is 3. The van der Waals surface area contributed by atoms with Crippen molar-refractivity contribution < 1.29 is 23.9 Å². The van der Waals surface area contributed by atoms with Crippen molar-refractivity contribution in [2.24, 2.45) is 5.92 Å². The van der Waals surface area contributed by atoms with Crippen LogP contribution in [0.25, 0.3) is 11.1 Å². The Kier molecular flexibility index (Phi) is 9.83. The number of nitrogens with zero attached hydrogens (tertiary/aromatic N) is 4. The lowest BCUT2D eigenvalue weighted by atomic mass is 9.87. The average Bonchev–Trinajstić information content (AvgIpc) is 3.41. The molecule has 4 aromatic rings. The number of anilines is 2. The van der Waals surface area contributed by atoms with Crippen molar-refractivity contribution in [2.75, 3.05) is 55.6 Å². The number of allylic oxidation sites excluding steroid dienone is 1. The molecule has 3 amide bonds. The van der Waals surface area contributed by atoms with Crippen LogP contribution in [0.2, 0.25) is 0 Å². The lowest BCUT2D eigenvalue weighted by molar-refractivity contribution is -0.136. The van der Waals surface area contributed by atoms with Crippen LogP contribution in [0.3, 0.4) is 0 Å². The van der Waals surface area contributed by atoms with Gasteiger partial charge >= 0.3 is 0 Å². The fraction of sp³-hybridized carbons (Fsp3) is 0.370. The summed E-state index contributed by atoms with van der Waals surface area (Å²) in [5, 5.41) is 12.7. The van der Waals surface area contributed by atoms with E-state index in [9.17, 15) is 23.9 Å². The topological polar surface area (TPSA) is 96.4 Å². The zero-order valence-electron chi connectivity index (χ0n) is 31.7. The maximum atomic E-state index is 13.9. The van der Waals surface area contributed by atoms with Gasteiger partial charge in [-0.1, -0.05) is 30.3 Å². The number of phenolic OH excluding ortho intramolecular Hbond substituents is 1. The van der Waals surface area contributed by atoms with Crippen LogP contribution in [0.4, 0.5) is 15.8 Å². The number of imide groups is 1. The highest BCUT2D eigenvalue weighted by atomic mass is 19.1. The maximum absolute atomic E-state index is 13.9. The summed E-state index contributed by atoms with van der Waals surface area (Å²) in [6, 6.07) is 26.9. The number of hydrogen-bond acceptors (Lipinski definition) is 7. The van der Waals surface area contributed by atoms with Gasteiger partial charge in [-0.05, 0) is 138 Å². The normalized spacial score (nSPS) is 20.9. The first-order valence-corrected chi connectivity index (χ1v) is 20.2. The van der Waals surface area contributed by atoms with Crippen LogP contribution < -0.4 is 15.1 Å². The number of fused-ring (bicyclic) bond motifs is 2. The summed E-state index contributed by atoms with van der Waals surface area (Å²) in [6.07, 6.45) is 5.65. The molecular weight excluding hydrogens is 706 g/mol. The van der Waals surface area contributed by atoms with E-state index in [0.29, 0.717) is 24.4 Å². The molecule has 0 bridgehead atoms. The van der Waals surface area contributed by atoms with Gasteiger partial charge < -0.3 is 19.8 Å². The minimum atomic E-state index is -0.597. The number of carbonyl (C=O) groups excluding carboxylic acids is 3. The molecule has 0 aromatic heterocycles. The second-order valence-electron chi connectivity index (χ2n) is 16.1. The first kappa shape index (κ1) is 36.2. The van der Waals surface area contributed by atoms with Crippen LogP contribution in [0.5, 0.6) is 5.75 Å². The van der Waals surface area contributed by atoms with E-state index in [1.807, 2.05) is 36.4 Å². The number of phenols is 1. The molecule has 5 aliphatic rings. The third-order valence-corrected chi connectivity index (χ3v) is 12.6. The lowest BCUT2D eigenvalue weighted by Crippen LogP contribution is -2.52. The summed E-state index contributed by atoms with van der Waals surface area (Å²) in [7, 11) is 0. The van der Waals surface area contributed by atoms with Gasteiger partial charge in [0.1, 0.15) is 17.6 Å². The van der Waals surface area contributed by atoms with E-state index in [-0.39, 0.29) is 35.7 Å². The van der Waals surface area contributed by atoms with E-state index in [4.69, 9.17) is 0 Å². The molecule has 4 aliphatic heterocycles. The summed E-state index contributed by atoms with van der Waals surface area (Å²) in [5.41, 5.74) is 10.8. The van der Waals surface area contributed by atoms with Gasteiger partial charge in [0.15, 0.2) is 0 Å². The molecule has 288 valence electrons. The summed E-state index contributed by atoms with van der Waals surface area (Å²) in [4.78, 5) is 46.4. The van der Waals surface area contributed by atoms with E-state index in [1.54, 1.807) is 11.0 Å². The Bertz CT molecular complexity index is 2190. The quantitative estimate of drug-likeness (QED) is 0.205. The molecule has 4 aromatic carbocycles. The fourth-order valence-corrected chi connectivity index (χ4v) is 9.57. The number of aryl methyl sites for hydroxylation is 1. The molecule has 3 fully saturated rings. The van der Waals surface area contributed by atoms with Gasteiger partial charge in [0.05, 0.1) is 0 Å². The molecule has 10 heteroatoms. The predicted molar refractivity (Wildman–Crippen MR) is 216 cm³/mol. The minimum Gasteiger partial charge on any atom is -0.508 e. The van der Waals surface area contributed by atoms with Crippen LogP contribution >= 0.6 is 0 Å². The number of aromatic hydroxyl groups is 1. The number of halogens is 1. The second kappa shape index (κ2) is 15.2. The van der Waals surface area contributed by atoms with Crippen LogP contribution in [0, 0.1) is 11.7 Å². The van der Waals surface area contributed by atoms with Crippen LogP contribution in [0.15, 0.2) is 84.9 Å². The predicted octanol–water partition coefficient (Wildman–Crippen LogP) is 6.63. The summed E-state index contributed by atoms with van der Waals surface area (Å²) >= 11 is 0. The summed E-state index contributed by atoms with van der Waals surface area (Å²) in [6.45, 7) is 7.42. The van der Waals surface area contributed by atoms with Crippen molar-refractivity contribution in [3.8, 4) is 5.75 Å². The van der Waals surface area contributed by atoms with Gasteiger partial charge in [-0.3, -0.25) is 24.6 Å². The van der Waals surface area contributed by atoms with Gasteiger partial charge in [0.2, 0.25) is 11.8 Å². The molecule has 1 aliphatic carbocycles. The summed E-state index contributed by atoms with van der Waals surface area (Å²) in [5.74, 6) is -0.0813. The number of benzene rings is 4. The Balaban J connectivity index is 0.802. The lowest BCUT2D eigenvalue weighted by Gasteiger charge is -2.40. The molecule has 0 radical (unpaired) electrons. The van der Waals surface area contributed by atoms with Crippen molar-refractivity contribution in [3.05, 3.63) is 124 Å². The number of rotatable bonds is 7. The molecule has 9 nitrogen and oxygen atoms in total. The van der Waals surface area contributed by atoms with Crippen molar-refractivity contribution in [2.45, 2.75) is 57.5 Å². The van der Waals surface area contributed by atoms with Crippen molar-refractivity contribution in [3.63, 3.8) is 0 Å². The van der Waals surface area contributed by atoms with Gasteiger partial charge in [0.25, 0.3) is 5.91 Å². The Morgan fingerprint density at radius 3 is 2.12 bits per heavy atom. The molecule has 2 N–H and O–H groups in total. The number of hydrogen-bond donors (Lipinski definition) is 2. The zero-order valence-corrected chi connectivity index (χ0v) is 31.7. The smallest absolute Gasteiger partial charge is 0.255 e. The Labute approximate surface area is 327 Å². The first-order valence-electron chi connectivity index (χ1n) is 20.2. The fourth-order valence-electron chi connectivity index (χ4n) is 9.57. The van der Waals surface area contributed by atoms with Crippen molar-refractivity contribution in [1.82, 2.24) is 15.1 Å². The monoisotopic (exact) mass is 753 g/mol. The Morgan fingerprint density at radius 2 is 1.38 bits per heavy atom. The number of nitrogens with one attached hydrogen (secondary N) is 1. The first-order chi connectivity index (χ1) is 27.3. The van der Waals surface area contributed by atoms with Crippen LogP contribution in [-0.4, -0.2) is 84.5 Å². The van der Waals surface area contributed by atoms with E-state index in [2.05, 4.69) is 50.3 Å². The standard InChI is InChI=1S/C46H48FN5O4/c47-35-8-4-31(5-9-35)39-3-1-2-33-27-38(53)13-15-40(33)44(39)32-6-10-36(11-7-32)50-20-18-30(19-21-50)28-49-22-24-51(25-23-49)37-12-14-41-34(26-37)29-52(46(41)56)42-16-17-43(54)48-45(42)55/h4-15,26-27,30,42,53H,1-3,16-25,28-29H2,(H,48,54,55)/t42-/m1/s1. The van der Waals surface area contributed by atoms with E-state index in [1.165, 1.54) is 23.4 Å². The van der Waals surface area contributed by atoms with E-state index >= 15 is 0 Å². The minimum absolute atomic E-state index is 0.132. The Morgan fingerprint density at radius 1 is 0.679 bits per heavy atom. The van der Waals surface area contributed by atoms with E-state index in [0.717, 1.165) is 117 Å². The van der Waals surface area contributed by atoms with E-state index < -0.39 is 6.04 Å². The highest BCUT2D eigenvalue weighted by molar-refractivity contribution is 6.05. The van der Waals surface area contributed by atoms with Gasteiger partial charge in [-0.2, -0.15) is 0 Å². The zero-order chi connectivity index (χ0) is 38.3. The number of piperazine rings is 1. The molecule has 9 rings (SSSR count). The number of carbonyl (C=O) groups is 3. The van der Waals surface area contributed by atoms with Gasteiger partial charge in [0, 0.05) is 75.7 Å². The molecular formula is C46H48FN5O4. The highest BCUT2D eigenvalue weighted by Crippen LogP contribution is 2.41. The van der Waals surface area contributed by atoms with Crippen molar-refractivity contribution in [1.29, 1.82) is 0 Å². The molecule has 0 spiro atoms. The molecule has 3 saturated heterocycles. The molecule has 4 heterocycles. The average molecular weight is 754 g/mol. The third-order valence-electron chi connectivity index (χ3n) is 12.6. The highest BCUT2D eigenvalue weighted by Gasteiger charge is 2.39. The molecule has 0 unspecified atom stereocenters. The molecule has 0 saturated carbocycles.